The van der Waals surface area contributed by atoms with E-state index in [4.69, 9.17) is 13.9 Å². The van der Waals surface area contributed by atoms with Gasteiger partial charge in [-0.1, -0.05) is 0 Å². The molecule has 2 aromatic rings. The average molecular weight is 289 g/mol. The predicted octanol–water partition coefficient (Wildman–Crippen LogP) is 3.66. The summed E-state index contributed by atoms with van der Waals surface area (Å²) in [5.41, 5.74) is 2.10. The fourth-order valence-corrected chi connectivity index (χ4v) is 2.51. The third-order valence-electron chi connectivity index (χ3n) is 3.87. The van der Waals surface area contributed by atoms with E-state index in [1.165, 1.54) is 18.4 Å². The molecular weight excluding hydrogens is 266 g/mol. The third-order valence-corrected chi connectivity index (χ3v) is 3.87. The lowest BCUT2D eigenvalue weighted by Crippen LogP contribution is -2.20. The highest BCUT2D eigenvalue weighted by molar-refractivity contribution is 5.84. The van der Waals surface area contributed by atoms with Crippen molar-refractivity contribution < 1.29 is 13.9 Å². The standard InChI is InChI=1S/C17H23NO3/c1-12(18-14-4-5-14)13-10-16(20-8-3-7-19-2)15-6-9-21-17(15)11-13/h6,9-12,14,18H,3-5,7-8H2,1-2H3. The Morgan fingerprint density at radius 3 is 2.95 bits per heavy atom. The van der Waals surface area contributed by atoms with E-state index in [2.05, 4.69) is 24.4 Å². The first-order valence-corrected chi connectivity index (χ1v) is 7.67. The summed E-state index contributed by atoms with van der Waals surface area (Å²) in [4.78, 5) is 0. The Hall–Kier alpha value is -1.52. The maximum atomic E-state index is 5.92. The van der Waals surface area contributed by atoms with E-state index >= 15 is 0 Å². The summed E-state index contributed by atoms with van der Waals surface area (Å²) >= 11 is 0. The summed E-state index contributed by atoms with van der Waals surface area (Å²) < 4.78 is 16.5. The van der Waals surface area contributed by atoms with E-state index in [9.17, 15) is 0 Å². The van der Waals surface area contributed by atoms with Gasteiger partial charge in [-0.15, -0.1) is 0 Å². The smallest absolute Gasteiger partial charge is 0.137 e. The molecular formula is C17H23NO3. The maximum absolute atomic E-state index is 5.92. The second-order valence-corrected chi connectivity index (χ2v) is 5.71. The van der Waals surface area contributed by atoms with Crippen molar-refractivity contribution in [3.8, 4) is 5.75 Å². The Kier molecular flexibility index (Phi) is 4.46. The summed E-state index contributed by atoms with van der Waals surface area (Å²) in [6, 6.07) is 7.19. The Morgan fingerprint density at radius 1 is 1.33 bits per heavy atom. The number of methoxy groups -OCH3 is 1. The van der Waals surface area contributed by atoms with Crippen LogP contribution in [0.15, 0.2) is 28.9 Å². The largest absolute Gasteiger partial charge is 0.493 e. The van der Waals surface area contributed by atoms with Gasteiger partial charge in [0.25, 0.3) is 0 Å². The zero-order valence-electron chi connectivity index (χ0n) is 12.7. The van der Waals surface area contributed by atoms with Gasteiger partial charge in [-0.25, -0.2) is 0 Å². The van der Waals surface area contributed by atoms with Crippen LogP contribution in [0.4, 0.5) is 0 Å². The molecule has 0 amide bonds. The highest BCUT2D eigenvalue weighted by Crippen LogP contribution is 2.32. The lowest BCUT2D eigenvalue weighted by Gasteiger charge is -2.16. The normalized spacial score (nSPS) is 16.3. The first-order valence-electron chi connectivity index (χ1n) is 7.67. The lowest BCUT2D eigenvalue weighted by atomic mass is 10.1. The second kappa shape index (κ2) is 6.50. The van der Waals surface area contributed by atoms with Crippen molar-refractivity contribution in [2.45, 2.75) is 38.3 Å². The zero-order chi connectivity index (χ0) is 14.7. The molecule has 0 radical (unpaired) electrons. The molecule has 3 rings (SSSR count). The molecule has 1 aromatic carbocycles. The van der Waals surface area contributed by atoms with Crippen LogP contribution in [0, 0.1) is 0 Å². The monoisotopic (exact) mass is 289 g/mol. The molecule has 114 valence electrons. The van der Waals surface area contributed by atoms with Crippen LogP contribution in [-0.4, -0.2) is 26.4 Å². The van der Waals surface area contributed by atoms with Crippen LogP contribution in [0.3, 0.4) is 0 Å². The highest BCUT2D eigenvalue weighted by Gasteiger charge is 2.24. The van der Waals surface area contributed by atoms with Crippen molar-refractivity contribution in [2.75, 3.05) is 20.3 Å². The highest BCUT2D eigenvalue weighted by atomic mass is 16.5. The topological polar surface area (TPSA) is 43.6 Å². The second-order valence-electron chi connectivity index (χ2n) is 5.71. The molecule has 4 heteroatoms. The van der Waals surface area contributed by atoms with Gasteiger partial charge in [0.15, 0.2) is 0 Å². The van der Waals surface area contributed by atoms with Gasteiger partial charge in [0.05, 0.1) is 18.3 Å². The van der Waals surface area contributed by atoms with Gasteiger partial charge in [-0.2, -0.15) is 0 Å². The lowest BCUT2D eigenvalue weighted by molar-refractivity contribution is 0.172. The molecule has 1 aromatic heterocycles. The molecule has 1 atom stereocenters. The summed E-state index contributed by atoms with van der Waals surface area (Å²) in [5, 5.41) is 4.65. The number of fused-ring (bicyclic) bond motifs is 1. The van der Waals surface area contributed by atoms with Crippen LogP contribution in [0.5, 0.6) is 5.75 Å². The minimum atomic E-state index is 0.313. The number of hydrogen-bond acceptors (Lipinski definition) is 4. The molecule has 1 N–H and O–H groups in total. The van der Waals surface area contributed by atoms with Crippen molar-refractivity contribution in [3.05, 3.63) is 30.0 Å². The van der Waals surface area contributed by atoms with Crippen LogP contribution in [0.1, 0.15) is 37.8 Å². The van der Waals surface area contributed by atoms with Gasteiger partial charge in [0.2, 0.25) is 0 Å². The van der Waals surface area contributed by atoms with Gasteiger partial charge in [0.1, 0.15) is 11.3 Å². The minimum absolute atomic E-state index is 0.313. The summed E-state index contributed by atoms with van der Waals surface area (Å²) in [6.07, 6.45) is 5.17. The zero-order valence-corrected chi connectivity index (χ0v) is 12.7. The van der Waals surface area contributed by atoms with E-state index in [-0.39, 0.29) is 0 Å². The quantitative estimate of drug-likeness (QED) is 0.753. The number of hydrogen-bond donors (Lipinski definition) is 1. The fraction of sp³-hybridized carbons (Fsp3) is 0.529. The van der Waals surface area contributed by atoms with E-state index in [0.717, 1.165) is 23.1 Å². The van der Waals surface area contributed by atoms with Crippen molar-refractivity contribution in [1.82, 2.24) is 5.32 Å². The number of nitrogens with one attached hydrogen (secondary N) is 1. The Morgan fingerprint density at radius 2 is 2.19 bits per heavy atom. The van der Waals surface area contributed by atoms with E-state index in [0.29, 0.717) is 25.3 Å². The summed E-state index contributed by atoms with van der Waals surface area (Å²) in [5.74, 6) is 0.900. The Bertz CT molecular complexity index is 589. The molecule has 0 bridgehead atoms. The van der Waals surface area contributed by atoms with Crippen molar-refractivity contribution in [3.63, 3.8) is 0 Å². The Balaban J connectivity index is 1.77. The summed E-state index contributed by atoms with van der Waals surface area (Å²) in [7, 11) is 1.71. The van der Waals surface area contributed by atoms with Gasteiger partial charge in [0, 0.05) is 32.2 Å². The number of furan rings is 1. The van der Waals surface area contributed by atoms with Gasteiger partial charge in [-0.3, -0.25) is 0 Å². The van der Waals surface area contributed by atoms with Crippen LogP contribution in [0.25, 0.3) is 11.0 Å². The molecule has 1 aliphatic rings. The van der Waals surface area contributed by atoms with Gasteiger partial charge >= 0.3 is 0 Å². The summed E-state index contributed by atoms with van der Waals surface area (Å²) in [6.45, 7) is 3.56. The molecule has 1 heterocycles. The molecule has 1 saturated carbocycles. The number of benzene rings is 1. The average Bonchev–Trinajstić information content (AvgIpc) is 3.16. The minimum Gasteiger partial charge on any atom is -0.493 e. The third kappa shape index (κ3) is 3.57. The van der Waals surface area contributed by atoms with Gasteiger partial charge in [-0.05, 0) is 43.5 Å². The van der Waals surface area contributed by atoms with Crippen molar-refractivity contribution >= 4 is 11.0 Å². The molecule has 1 aliphatic carbocycles. The maximum Gasteiger partial charge on any atom is 0.137 e. The molecule has 1 fully saturated rings. The first-order chi connectivity index (χ1) is 10.3. The Labute approximate surface area is 125 Å². The fourth-order valence-electron chi connectivity index (χ4n) is 2.51. The molecule has 0 aliphatic heterocycles. The van der Waals surface area contributed by atoms with Crippen LogP contribution < -0.4 is 10.1 Å². The first kappa shape index (κ1) is 14.4. The molecule has 0 spiro atoms. The van der Waals surface area contributed by atoms with E-state index in [1.54, 1.807) is 13.4 Å². The van der Waals surface area contributed by atoms with Crippen LogP contribution >= 0.6 is 0 Å². The molecule has 1 unspecified atom stereocenters. The molecule has 4 nitrogen and oxygen atoms in total. The predicted molar refractivity (Wildman–Crippen MR) is 82.8 cm³/mol. The van der Waals surface area contributed by atoms with Crippen LogP contribution in [0.2, 0.25) is 0 Å². The van der Waals surface area contributed by atoms with Crippen molar-refractivity contribution in [1.29, 1.82) is 0 Å². The number of rotatable bonds is 8. The van der Waals surface area contributed by atoms with E-state index < -0.39 is 0 Å². The van der Waals surface area contributed by atoms with Crippen molar-refractivity contribution in [2.24, 2.45) is 0 Å². The molecule has 0 saturated heterocycles. The molecule has 21 heavy (non-hydrogen) atoms. The van der Waals surface area contributed by atoms with Crippen LogP contribution in [-0.2, 0) is 4.74 Å². The van der Waals surface area contributed by atoms with Gasteiger partial charge < -0.3 is 19.2 Å². The number of ether oxygens (including phenoxy) is 2. The van der Waals surface area contributed by atoms with E-state index in [1.807, 2.05) is 6.07 Å². The SMILES string of the molecule is COCCCOc1cc(C(C)NC2CC2)cc2occc12.